The van der Waals surface area contributed by atoms with Crippen LogP contribution in [-0.4, -0.2) is 37.9 Å². The summed E-state index contributed by atoms with van der Waals surface area (Å²) in [5.41, 5.74) is 1.43. The monoisotopic (exact) mass is 436 g/mol. The molecule has 3 aromatic carbocycles. The summed E-state index contributed by atoms with van der Waals surface area (Å²) >= 11 is 1.51. The third kappa shape index (κ3) is 4.19. The van der Waals surface area contributed by atoms with Gasteiger partial charge in [-0.1, -0.05) is 41.7 Å². The van der Waals surface area contributed by atoms with Gasteiger partial charge in [-0.25, -0.2) is 0 Å². The highest BCUT2D eigenvalue weighted by atomic mass is 32.1. The molecule has 4 rings (SSSR count). The second-order valence-electron chi connectivity index (χ2n) is 6.85. The van der Waals surface area contributed by atoms with Crippen LogP contribution in [0, 0.1) is 0 Å². The van der Waals surface area contributed by atoms with E-state index in [-0.39, 0.29) is 5.91 Å². The summed E-state index contributed by atoms with van der Waals surface area (Å²) in [6, 6.07) is 17.5. The van der Waals surface area contributed by atoms with Gasteiger partial charge in [-0.2, -0.15) is 4.99 Å². The maximum atomic E-state index is 13.1. The van der Waals surface area contributed by atoms with Crippen molar-refractivity contribution < 1.29 is 19.0 Å². The fraction of sp³-hybridized carbons (Fsp3) is 0.250. The molecule has 0 unspecified atom stereocenters. The smallest absolute Gasteiger partial charge is 0.283 e. The molecule has 0 fully saturated rings. The number of benzene rings is 3. The highest BCUT2D eigenvalue weighted by Gasteiger charge is 2.15. The topological polar surface area (TPSA) is 62.1 Å². The molecule has 0 aliphatic carbocycles. The molecule has 7 heteroatoms. The first-order chi connectivity index (χ1) is 15.2. The third-order valence-electron chi connectivity index (χ3n) is 5.07. The molecule has 1 amide bonds. The highest BCUT2D eigenvalue weighted by Crippen LogP contribution is 2.28. The zero-order chi connectivity index (χ0) is 21.8. The Morgan fingerprint density at radius 3 is 2.68 bits per heavy atom. The summed E-state index contributed by atoms with van der Waals surface area (Å²) in [4.78, 5) is 18.2. The molecule has 31 heavy (non-hydrogen) atoms. The van der Waals surface area contributed by atoms with Crippen molar-refractivity contribution in [3.63, 3.8) is 0 Å². The Morgan fingerprint density at radius 1 is 1.06 bits per heavy atom. The summed E-state index contributed by atoms with van der Waals surface area (Å²) in [6.45, 7) is 3.76. The summed E-state index contributed by atoms with van der Waals surface area (Å²) in [6.07, 6.45) is 0. The lowest BCUT2D eigenvalue weighted by atomic mass is 10.1. The largest absolute Gasteiger partial charge is 0.497 e. The van der Waals surface area contributed by atoms with Crippen molar-refractivity contribution in [2.75, 3.05) is 27.4 Å². The fourth-order valence-corrected chi connectivity index (χ4v) is 4.71. The molecule has 0 radical (unpaired) electrons. The minimum absolute atomic E-state index is 0.361. The Hall–Kier alpha value is -3.16. The minimum Gasteiger partial charge on any atom is -0.497 e. The van der Waals surface area contributed by atoms with Crippen LogP contribution in [0.15, 0.2) is 59.6 Å². The number of hydrogen-bond donors (Lipinski definition) is 0. The fourth-order valence-electron chi connectivity index (χ4n) is 3.52. The average molecular weight is 437 g/mol. The lowest BCUT2D eigenvalue weighted by molar-refractivity contribution is 0.0993. The maximum Gasteiger partial charge on any atom is 0.283 e. The van der Waals surface area contributed by atoms with Crippen molar-refractivity contribution >= 4 is 38.2 Å². The van der Waals surface area contributed by atoms with Gasteiger partial charge < -0.3 is 18.8 Å². The van der Waals surface area contributed by atoms with Gasteiger partial charge in [0.1, 0.15) is 11.5 Å². The van der Waals surface area contributed by atoms with E-state index < -0.39 is 0 Å². The van der Waals surface area contributed by atoms with Crippen molar-refractivity contribution in [1.82, 2.24) is 4.57 Å². The number of nitrogens with zero attached hydrogens (tertiary/aromatic N) is 2. The van der Waals surface area contributed by atoms with E-state index in [0.29, 0.717) is 41.6 Å². The van der Waals surface area contributed by atoms with E-state index in [1.807, 2.05) is 19.1 Å². The number of amides is 1. The van der Waals surface area contributed by atoms with E-state index in [4.69, 9.17) is 14.2 Å². The Kier molecular flexibility index (Phi) is 6.34. The van der Waals surface area contributed by atoms with Gasteiger partial charge in [-0.05, 0) is 30.5 Å². The Balaban J connectivity index is 1.87. The molecule has 0 saturated carbocycles. The zero-order valence-corrected chi connectivity index (χ0v) is 18.6. The van der Waals surface area contributed by atoms with Crippen LogP contribution in [0.3, 0.4) is 0 Å². The summed E-state index contributed by atoms with van der Waals surface area (Å²) in [7, 11) is 3.10. The number of thiazole rings is 1. The van der Waals surface area contributed by atoms with Crippen molar-refractivity contribution in [1.29, 1.82) is 0 Å². The lowest BCUT2D eigenvalue weighted by Gasteiger charge is -2.08. The number of carbonyl (C=O) groups is 1. The van der Waals surface area contributed by atoms with Gasteiger partial charge in [0.2, 0.25) is 0 Å². The first-order valence-electron chi connectivity index (χ1n) is 10.1. The molecule has 0 aliphatic heterocycles. The predicted molar refractivity (Wildman–Crippen MR) is 123 cm³/mol. The van der Waals surface area contributed by atoms with Gasteiger partial charge in [0.05, 0.1) is 36.6 Å². The third-order valence-corrected chi connectivity index (χ3v) is 6.20. The minimum atomic E-state index is -0.361. The van der Waals surface area contributed by atoms with Gasteiger partial charge >= 0.3 is 0 Å². The SMILES string of the molecule is CCOCCn1c(=NC(=O)c2ccc(OC)cc2OC)sc2c3ccccc3ccc21. The van der Waals surface area contributed by atoms with Crippen LogP contribution in [-0.2, 0) is 11.3 Å². The Morgan fingerprint density at radius 2 is 1.90 bits per heavy atom. The maximum absolute atomic E-state index is 13.1. The average Bonchev–Trinajstić information content (AvgIpc) is 3.16. The number of hydrogen-bond acceptors (Lipinski definition) is 5. The van der Waals surface area contributed by atoms with Gasteiger partial charge in [0.15, 0.2) is 4.80 Å². The van der Waals surface area contributed by atoms with Crippen LogP contribution in [0.25, 0.3) is 21.0 Å². The number of aromatic nitrogens is 1. The molecular weight excluding hydrogens is 412 g/mol. The van der Waals surface area contributed by atoms with Gasteiger partial charge in [0.25, 0.3) is 5.91 Å². The van der Waals surface area contributed by atoms with Crippen molar-refractivity contribution in [3.8, 4) is 11.5 Å². The lowest BCUT2D eigenvalue weighted by Crippen LogP contribution is -2.20. The summed E-state index contributed by atoms with van der Waals surface area (Å²) in [5, 5.41) is 2.30. The molecule has 1 aromatic heterocycles. The first kappa shape index (κ1) is 21.1. The molecule has 1 heterocycles. The van der Waals surface area contributed by atoms with Crippen LogP contribution in [0.2, 0.25) is 0 Å². The standard InChI is InChI=1S/C24H24N2O4S/c1-4-30-14-13-26-20-12-9-16-7-5-6-8-18(16)22(20)31-24(26)25-23(27)19-11-10-17(28-2)15-21(19)29-3/h5-12,15H,4,13-14H2,1-3H3. The number of ether oxygens (including phenoxy) is 3. The molecular formula is C24H24N2O4S. The molecule has 0 spiro atoms. The molecule has 0 bridgehead atoms. The first-order valence-corrected chi connectivity index (χ1v) is 10.9. The number of fused-ring (bicyclic) bond motifs is 3. The van der Waals surface area contributed by atoms with Gasteiger partial charge in [-0.15, -0.1) is 0 Å². The number of rotatable bonds is 7. The second-order valence-corrected chi connectivity index (χ2v) is 7.83. The van der Waals surface area contributed by atoms with E-state index in [1.54, 1.807) is 25.3 Å². The van der Waals surface area contributed by atoms with E-state index in [1.165, 1.54) is 18.4 Å². The molecule has 160 valence electrons. The molecule has 6 nitrogen and oxygen atoms in total. The molecule has 4 aromatic rings. The van der Waals surface area contributed by atoms with Crippen molar-refractivity contribution in [3.05, 3.63) is 65.0 Å². The molecule has 0 N–H and O–H groups in total. The van der Waals surface area contributed by atoms with E-state index in [2.05, 4.69) is 33.8 Å². The quantitative estimate of drug-likeness (QED) is 0.396. The summed E-state index contributed by atoms with van der Waals surface area (Å²) < 4.78 is 19.3. The van der Waals surface area contributed by atoms with E-state index in [0.717, 1.165) is 21.0 Å². The van der Waals surface area contributed by atoms with Gasteiger partial charge in [0, 0.05) is 24.6 Å². The van der Waals surface area contributed by atoms with Crippen molar-refractivity contribution in [2.24, 2.45) is 4.99 Å². The number of methoxy groups -OCH3 is 2. The normalized spacial score (nSPS) is 11.9. The van der Waals surface area contributed by atoms with Crippen LogP contribution in [0.1, 0.15) is 17.3 Å². The van der Waals surface area contributed by atoms with Crippen LogP contribution >= 0.6 is 11.3 Å². The Labute approximate surface area is 184 Å². The van der Waals surface area contributed by atoms with Crippen LogP contribution in [0.5, 0.6) is 11.5 Å². The second kappa shape index (κ2) is 9.32. The zero-order valence-electron chi connectivity index (χ0n) is 17.8. The van der Waals surface area contributed by atoms with E-state index in [9.17, 15) is 4.79 Å². The highest BCUT2D eigenvalue weighted by molar-refractivity contribution is 7.17. The Bertz CT molecular complexity index is 1310. The summed E-state index contributed by atoms with van der Waals surface area (Å²) in [5.74, 6) is 0.689. The van der Waals surface area contributed by atoms with Crippen LogP contribution < -0.4 is 14.3 Å². The van der Waals surface area contributed by atoms with Gasteiger partial charge in [-0.3, -0.25) is 4.79 Å². The molecule has 0 atom stereocenters. The molecule has 0 aliphatic rings. The van der Waals surface area contributed by atoms with E-state index >= 15 is 0 Å². The predicted octanol–water partition coefficient (Wildman–Crippen LogP) is 4.65. The molecule has 0 saturated heterocycles. The number of carbonyl (C=O) groups excluding carboxylic acids is 1. The van der Waals surface area contributed by atoms with Crippen molar-refractivity contribution in [2.45, 2.75) is 13.5 Å². The van der Waals surface area contributed by atoms with Crippen LogP contribution in [0.4, 0.5) is 0 Å².